The predicted molar refractivity (Wildman–Crippen MR) is 80.8 cm³/mol. The van der Waals surface area contributed by atoms with Gasteiger partial charge in [0.2, 0.25) is 5.91 Å². The molecule has 0 radical (unpaired) electrons. The normalized spacial score (nSPS) is 9.52. The third-order valence-corrected chi connectivity index (χ3v) is 2.85. The molecule has 5 heteroatoms. The van der Waals surface area contributed by atoms with Crippen LogP contribution in [0.2, 0.25) is 0 Å². The van der Waals surface area contributed by atoms with E-state index < -0.39 is 0 Å². The molecule has 0 atom stereocenters. The van der Waals surface area contributed by atoms with Gasteiger partial charge in [-0.15, -0.1) is 0 Å². The predicted octanol–water partition coefficient (Wildman–Crippen LogP) is 0.547. The molecule has 2 N–H and O–H groups in total. The number of carbonyl (C=O) groups is 2. The molecular formula is C16H20N2O3. The number of hydrogen-bond donors (Lipinski definition) is 2. The van der Waals surface area contributed by atoms with Gasteiger partial charge in [0.25, 0.3) is 5.91 Å². The van der Waals surface area contributed by atoms with Gasteiger partial charge in [-0.3, -0.25) is 9.59 Å². The Balaban J connectivity index is 2.82. The lowest BCUT2D eigenvalue weighted by atomic mass is 10.0. The maximum atomic E-state index is 12.1. The van der Waals surface area contributed by atoms with E-state index in [-0.39, 0.29) is 25.0 Å². The van der Waals surface area contributed by atoms with Crippen LogP contribution >= 0.6 is 0 Å². The van der Waals surface area contributed by atoms with Crippen LogP contribution in [-0.4, -0.2) is 49.1 Å². The average molecular weight is 288 g/mol. The fourth-order valence-corrected chi connectivity index (χ4v) is 1.57. The number of rotatable bonds is 4. The second-order valence-electron chi connectivity index (χ2n) is 4.78. The van der Waals surface area contributed by atoms with Gasteiger partial charge < -0.3 is 15.3 Å². The highest BCUT2D eigenvalue weighted by Gasteiger charge is 2.11. The van der Waals surface area contributed by atoms with Crippen molar-refractivity contribution in [2.24, 2.45) is 0 Å². The van der Waals surface area contributed by atoms with Crippen molar-refractivity contribution in [3.63, 3.8) is 0 Å². The molecular weight excluding hydrogens is 268 g/mol. The molecule has 0 aliphatic heterocycles. The minimum atomic E-state index is -0.298. The molecule has 21 heavy (non-hydrogen) atoms. The Labute approximate surface area is 125 Å². The average Bonchev–Trinajstić information content (AvgIpc) is 2.46. The highest BCUT2D eigenvalue weighted by atomic mass is 16.2. The fourth-order valence-electron chi connectivity index (χ4n) is 1.57. The number of hydrogen-bond acceptors (Lipinski definition) is 3. The first-order chi connectivity index (χ1) is 9.95. The third-order valence-electron chi connectivity index (χ3n) is 2.85. The zero-order valence-corrected chi connectivity index (χ0v) is 12.6. The summed E-state index contributed by atoms with van der Waals surface area (Å²) in [5.74, 6) is 5.23. The number of benzene rings is 1. The van der Waals surface area contributed by atoms with E-state index in [1.165, 1.54) is 4.90 Å². The van der Waals surface area contributed by atoms with E-state index in [9.17, 15) is 9.59 Å². The molecule has 0 unspecified atom stereocenters. The van der Waals surface area contributed by atoms with Crippen molar-refractivity contribution in [3.05, 3.63) is 34.9 Å². The van der Waals surface area contributed by atoms with Gasteiger partial charge in [-0.1, -0.05) is 17.9 Å². The fraction of sp³-hybridized carbons (Fsp3) is 0.375. The summed E-state index contributed by atoms with van der Waals surface area (Å²) in [6, 6.07) is 5.32. The smallest absolute Gasteiger partial charge is 0.252 e. The SMILES string of the molecule is Cc1ccc(C#CCCO)cc1C(=O)NCC(=O)N(C)C. The molecule has 0 spiro atoms. The Kier molecular flexibility index (Phi) is 6.44. The Hall–Kier alpha value is -2.32. The van der Waals surface area contributed by atoms with Crippen LogP contribution in [0.4, 0.5) is 0 Å². The zero-order chi connectivity index (χ0) is 15.8. The van der Waals surface area contributed by atoms with E-state index in [0.29, 0.717) is 17.5 Å². The maximum absolute atomic E-state index is 12.1. The molecule has 0 aliphatic carbocycles. The maximum Gasteiger partial charge on any atom is 0.252 e. The van der Waals surface area contributed by atoms with Gasteiger partial charge in [-0.25, -0.2) is 0 Å². The topological polar surface area (TPSA) is 69.6 Å². The number of aliphatic hydroxyl groups is 1. The van der Waals surface area contributed by atoms with Crippen LogP contribution in [-0.2, 0) is 4.79 Å². The summed E-state index contributed by atoms with van der Waals surface area (Å²) in [5, 5.41) is 11.3. The van der Waals surface area contributed by atoms with E-state index in [1.54, 1.807) is 20.2 Å². The van der Waals surface area contributed by atoms with Crippen molar-refractivity contribution in [2.45, 2.75) is 13.3 Å². The van der Waals surface area contributed by atoms with E-state index in [4.69, 9.17) is 5.11 Å². The first-order valence-corrected chi connectivity index (χ1v) is 6.64. The summed E-state index contributed by atoms with van der Waals surface area (Å²) < 4.78 is 0. The molecule has 5 nitrogen and oxygen atoms in total. The summed E-state index contributed by atoms with van der Waals surface area (Å²) in [5.41, 5.74) is 2.02. The largest absolute Gasteiger partial charge is 0.395 e. The summed E-state index contributed by atoms with van der Waals surface area (Å²) in [6.07, 6.45) is 0.396. The summed E-state index contributed by atoms with van der Waals surface area (Å²) in [6.45, 7) is 1.80. The van der Waals surface area contributed by atoms with Crippen LogP contribution in [0.3, 0.4) is 0 Å². The highest BCUT2D eigenvalue weighted by molar-refractivity contribution is 5.97. The van der Waals surface area contributed by atoms with E-state index in [0.717, 1.165) is 5.56 Å². The highest BCUT2D eigenvalue weighted by Crippen LogP contribution is 2.10. The molecule has 0 saturated heterocycles. The van der Waals surface area contributed by atoms with Crippen molar-refractivity contribution in [1.82, 2.24) is 10.2 Å². The van der Waals surface area contributed by atoms with Crippen LogP contribution in [0.1, 0.15) is 27.9 Å². The summed E-state index contributed by atoms with van der Waals surface area (Å²) >= 11 is 0. The van der Waals surface area contributed by atoms with Crippen LogP contribution in [0.5, 0.6) is 0 Å². The molecule has 0 saturated carbocycles. The Morgan fingerprint density at radius 1 is 1.33 bits per heavy atom. The van der Waals surface area contributed by atoms with Crippen LogP contribution in [0, 0.1) is 18.8 Å². The lowest BCUT2D eigenvalue weighted by Gasteiger charge is -2.12. The lowest BCUT2D eigenvalue weighted by Crippen LogP contribution is -2.36. The number of nitrogens with one attached hydrogen (secondary N) is 1. The Morgan fingerprint density at radius 3 is 2.67 bits per heavy atom. The second kappa shape index (κ2) is 8.08. The second-order valence-corrected chi connectivity index (χ2v) is 4.78. The summed E-state index contributed by atoms with van der Waals surface area (Å²) in [7, 11) is 3.27. The van der Waals surface area contributed by atoms with E-state index in [2.05, 4.69) is 17.2 Å². The molecule has 0 fully saturated rings. The van der Waals surface area contributed by atoms with Gasteiger partial charge in [-0.05, 0) is 24.6 Å². The Morgan fingerprint density at radius 2 is 2.05 bits per heavy atom. The monoisotopic (exact) mass is 288 g/mol. The van der Waals surface area contributed by atoms with Crippen LogP contribution < -0.4 is 5.32 Å². The number of nitrogens with zero attached hydrogens (tertiary/aromatic N) is 1. The van der Waals surface area contributed by atoms with Crippen molar-refractivity contribution in [1.29, 1.82) is 0 Å². The molecule has 0 aromatic heterocycles. The Bertz CT molecular complexity index is 583. The van der Waals surface area contributed by atoms with Gasteiger partial charge in [-0.2, -0.15) is 0 Å². The van der Waals surface area contributed by atoms with Crippen LogP contribution in [0.15, 0.2) is 18.2 Å². The summed E-state index contributed by atoms with van der Waals surface area (Å²) in [4.78, 5) is 25.0. The standard InChI is InChI=1S/C16H20N2O3/c1-12-7-8-13(6-4-5-9-19)10-14(12)16(21)17-11-15(20)18(2)3/h7-8,10,19H,5,9,11H2,1-3H3,(H,17,21). The first kappa shape index (κ1) is 16.7. The number of amides is 2. The molecule has 0 heterocycles. The van der Waals surface area contributed by atoms with Crippen molar-refractivity contribution < 1.29 is 14.7 Å². The first-order valence-electron chi connectivity index (χ1n) is 6.64. The minimum absolute atomic E-state index is 0.0127. The molecule has 112 valence electrons. The lowest BCUT2D eigenvalue weighted by molar-refractivity contribution is -0.127. The van der Waals surface area contributed by atoms with Crippen molar-refractivity contribution in [2.75, 3.05) is 27.2 Å². The molecule has 1 aromatic rings. The number of aliphatic hydroxyl groups excluding tert-OH is 1. The van der Waals surface area contributed by atoms with Crippen molar-refractivity contribution in [3.8, 4) is 11.8 Å². The van der Waals surface area contributed by atoms with Crippen LogP contribution in [0.25, 0.3) is 0 Å². The molecule has 2 amide bonds. The number of aryl methyl sites for hydroxylation is 1. The van der Waals surface area contributed by atoms with Crippen molar-refractivity contribution >= 4 is 11.8 Å². The quantitative estimate of drug-likeness (QED) is 0.795. The molecule has 1 aromatic carbocycles. The van der Waals surface area contributed by atoms with Gasteiger partial charge in [0.05, 0.1) is 13.2 Å². The number of likely N-dealkylation sites (N-methyl/N-ethyl adjacent to an activating group) is 1. The minimum Gasteiger partial charge on any atom is -0.395 e. The van der Waals surface area contributed by atoms with Gasteiger partial charge in [0.1, 0.15) is 0 Å². The molecule has 1 rings (SSSR count). The van der Waals surface area contributed by atoms with E-state index in [1.807, 2.05) is 19.1 Å². The van der Waals surface area contributed by atoms with E-state index >= 15 is 0 Å². The molecule has 0 aliphatic rings. The van der Waals surface area contributed by atoms with Gasteiger partial charge in [0, 0.05) is 31.6 Å². The van der Waals surface area contributed by atoms with Gasteiger partial charge >= 0.3 is 0 Å². The van der Waals surface area contributed by atoms with Gasteiger partial charge in [0.15, 0.2) is 0 Å². The molecule has 0 bridgehead atoms. The third kappa shape index (κ3) is 5.28. The number of carbonyl (C=O) groups excluding carboxylic acids is 2. The zero-order valence-electron chi connectivity index (χ0n) is 12.6.